The van der Waals surface area contributed by atoms with Crippen LogP contribution in [-0.2, 0) is 28.6 Å². The van der Waals surface area contributed by atoms with Crippen molar-refractivity contribution < 1.29 is 28.6 Å². The minimum atomic E-state index is -0.783. The van der Waals surface area contributed by atoms with Crippen molar-refractivity contribution in [3.63, 3.8) is 0 Å². The van der Waals surface area contributed by atoms with Crippen LogP contribution in [0.5, 0.6) is 0 Å². The molecule has 0 aliphatic carbocycles. The molecule has 6 heteroatoms. The highest BCUT2D eigenvalue weighted by Gasteiger charge is 2.19. The first kappa shape index (κ1) is 52.4. The van der Waals surface area contributed by atoms with Crippen LogP contribution in [0.3, 0.4) is 0 Å². The first-order valence-electron chi connectivity index (χ1n) is 23.1. The van der Waals surface area contributed by atoms with Crippen molar-refractivity contribution in [3.05, 3.63) is 48.6 Å². The van der Waals surface area contributed by atoms with Crippen LogP contribution in [0.1, 0.15) is 226 Å². The molecule has 0 rings (SSSR count). The zero-order valence-corrected chi connectivity index (χ0v) is 36.2. The fraction of sp³-hybridized carbons (Fsp3) is 0.776. The summed E-state index contributed by atoms with van der Waals surface area (Å²) < 4.78 is 16.7. The lowest BCUT2D eigenvalue weighted by atomic mass is 10.1. The number of rotatable bonds is 41. The second-order valence-electron chi connectivity index (χ2n) is 15.3. The maximum absolute atomic E-state index is 12.7. The molecule has 0 aliphatic rings. The SMILES string of the molecule is CCC/C=C\CCCCCCCC(=O)OCC(COC(=O)CCCCCCC/C=C\C/C=C\CCCC)OC(=O)CCCCCCC/C=C\CCCCCC. The Bertz CT molecular complexity index is 980. The van der Waals surface area contributed by atoms with E-state index < -0.39 is 6.10 Å². The molecule has 55 heavy (non-hydrogen) atoms. The maximum Gasteiger partial charge on any atom is 0.306 e. The zero-order chi connectivity index (χ0) is 40.1. The zero-order valence-electron chi connectivity index (χ0n) is 36.2. The lowest BCUT2D eigenvalue weighted by Crippen LogP contribution is -2.30. The number of hydrogen-bond donors (Lipinski definition) is 0. The molecule has 0 fully saturated rings. The molecule has 6 nitrogen and oxygen atoms in total. The third-order valence-electron chi connectivity index (χ3n) is 9.76. The fourth-order valence-corrected chi connectivity index (χ4v) is 6.22. The number of carbonyl (C=O) groups excluding carboxylic acids is 3. The van der Waals surface area contributed by atoms with Crippen LogP contribution in [0.25, 0.3) is 0 Å². The van der Waals surface area contributed by atoms with Gasteiger partial charge in [0.25, 0.3) is 0 Å². The van der Waals surface area contributed by atoms with Crippen LogP contribution in [0, 0.1) is 0 Å². The Kier molecular flexibility index (Phi) is 42.0. The molecule has 1 unspecified atom stereocenters. The van der Waals surface area contributed by atoms with Crippen LogP contribution in [0.2, 0.25) is 0 Å². The summed E-state index contributed by atoms with van der Waals surface area (Å²) in [5.41, 5.74) is 0. The molecule has 0 amide bonds. The van der Waals surface area contributed by atoms with Crippen molar-refractivity contribution in [3.8, 4) is 0 Å². The molecule has 0 aliphatic heterocycles. The minimum absolute atomic E-state index is 0.0857. The standard InChI is InChI=1S/C49H86O6/c1-4-7-10-13-16-19-22-24-26-27-30-33-36-39-42-48(51)54-45-46(44-53-47(50)41-38-35-32-29-21-18-15-12-9-6-3)55-49(52)43-40-37-34-31-28-25-23-20-17-14-11-8-5-2/h12-13,15-16,20,22-24,46H,4-11,14,17-19,21,25-45H2,1-3H3/b15-12-,16-13-,23-20-,24-22-. The van der Waals surface area contributed by atoms with Gasteiger partial charge in [-0.3, -0.25) is 14.4 Å². The van der Waals surface area contributed by atoms with Gasteiger partial charge in [-0.15, -0.1) is 0 Å². The Morgan fingerprint density at radius 1 is 0.364 bits per heavy atom. The third-order valence-corrected chi connectivity index (χ3v) is 9.76. The molecule has 0 bridgehead atoms. The average Bonchev–Trinajstić information content (AvgIpc) is 3.18. The number of esters is 3. The first-order valence-corrected chi connectivity index (χ1v) is 23.1. The van der Waals surface area contributed by atoms with Gasteiger partial charge in [0.1, 0.15) is 13.2 Å². The average molecular weight is 771 g/mol. The third kappa shape index (κ3) is 42.4. The lowest BCUT2D eigenvalue weighted by molar-refractivity contribution is -0.167. The summed E-state index contributed by atoms with van der Waals surface area (Å²) >= 11 is 0. The molecule has 0 heterocycles. The van der Waals surface area contributed by atoms with Gasteiger partial charge in [0.15, 0.2) is 6.10 Å². The van der Waals surface area contributed by atoms with E-state index in [4.69, 9.17) is 14.2 Å². The second-order valence-corrected chi connectivity index (χ2v) is 15.3. The fourth-order valence-electron chi connectivity index (χ4n) is 6.22. The molecule has 0 N–H and O–H groups in total. The largest absolute Gasteiger partial charge is 0.462 e. The van der Waals surface area contributed by atoms with Gasteiger partial charge >= 0.3 is 17.9 Å². The monoisotopic (exact) mass is 771 g/mol. The van der Waals surface area contributed by atoms with Gasteiger partial charge in [-0.1, -0.05) is 166 Å². The molecular formula is C49H86O6. The van der Waals surface area contributed by atoms with Crippen LogP contribution >= 0.6 is 0 Å². The van der Waals surface area contributed by atoms with Crippen LogP contribution in [0.15, 0.2) is 48.6 Å². The molecule has 0 radical (unpaired) electrons. The van der Waals surface area contributed by atoms with Gasteiger partial charge < -0.3 is 14.2 Å². The molecule has 0 aromatic heterocycles. The Morgan fingerprint density at radius 2 is 0.709 bits per heavy atom. The van der Waals surface area contributed by atoms with Gasteiger partial charge in [-0.25, -0.2) is 0 Å². The van der Waals surface area contributed by atoms with Gasteiger partial charge in [0, 0.05) is 19.3 Å². The van der Waals surface area contributed by atoms with Crippen molar-refractivity contribution >= 4 is 17.9 Å². The highest BCUT2D eigenvalue weighted by molar-refractivity contribution is 5.71. The van der Waals surface area contributed by atoms with Crippen LogP contribution < -0.4 is 0 Å². The molecule has 318 valence electrons. The van der Waals surface area contributed by atoms with E-state index in [1.807, 2.05) is 0 Å². The van der Waals surface area contributed by atoms with Crippen molar-refractivity contribution in [2.24, 2.45) is 0 Å². The van der Waals surface area contributed by atoms with Crippen LogP contribution in [-0.4, -0.2) is 37.2 Å². The topological polar surface area (TPSA) is 78.9 Å². The molecular weight excluding hydrogens is 685 g/mol. The van der Waals surface area contributed by atoms with Gasteiger partial charge in [-0.05, 0) is 89.9 Å². The van der Waals surface area contributed by atoms with E-state index in [0.717, 1.165) is 103 Å². The van der Waals surface area contributed by atoms with E-state index in [1.165, 1.54) is 83.5 Å². The predicted molar refractivity (Wildman–Crippen MR) is 233 cm³/mol. The lowest BCUT2D eigenvalue weighted by Gasteiger charge is -2.18. The molecule has 0 aromatic carbocycles. The minimum Gasteiger partial charge on any atom is -0.462 e. The van der Waals surface area contributed by atoms with Crippen molar-refractivity contribution in [2.75, 3.05) is 13.2 Å². The molecule has 0 saturated heterocycles. The molecule has 0 aromatic rings. The molecule has 0 saturated carbocycles. The highest BCUT2D eigenvalue weighted by Crippen LogP contribution is 2.13. The quantitative estimate of drug-likeness (QED) is 0.0267. The Morgan fingerprint density at radius 3 is 1.15 bits per heavy atom. The van der Waals surface area contributed by atoms with Gasteiger partial charge in [0.2, 0.25) is 0 Å². The van der Waals surface area contributed by atoms with Crippen molar-refractivity contribution in [1.29, 1.82) is 0 Å². The van der Waals surface area contributed by atoms with Gasteiger partial charge in [0.05, 0.1) is 0 Å². The molecule has 1 atom stereocenters. The van der Waals surface area contributed by atoms with E-state index in [1.54, 1.807) is 0 Å². The Balaban J connectivity index is 4.41. The van der Waals surface area contributed by atoms with E-state index >= 15 is 0 Å². The highest BCUT2D eigenvalue weighted by atomic mass is 16.6. The summed E-state index contributed by atoms with van der Waals surface area (Å²) in [5.74, 6) is -0.920. The van der Waals surface area contributed by atoms with E-state index in [2.05, 4.69) is 69.4 Å². The maximum atomic E-state index is 12.7. The second kappa shape index (κ2) is 44.1. The van der Waals surface area contributed by atoms with E-state index in [9.17, 15) is 14.4 Å². The number of carbonyl (C=O) groups is 3. The molecule has 0 spiro atoms. The summed E-state index contributed by atoms with van der Waals surface area (Å²) in [5, 5.41) is 0. The smallest absolute Gasteiger partial charge is 0.306 e. The summed E-state index contributed by atoms with van der Waals surface area (Å²) in [7, 11) is 0. The number of allylic oxidation sites excluding steroid dienone is 8. The normalized spacial score (nSPS) is 12.4. The summed E-state index contributed by atoms with van der Waals surface area (Å²) in [6, 6.07) is 0. The van der Waals surface area contributed by atoms with Crippen molar-refractivity contribution in [1.82, 2.24) is 0 Å². The number of unbranched alkanes of at least 4 members (excludes halogenated alkanes) is 22. The summed E-state index contributed by atoms with van der Waals surface area (Å²) in [4.78, 5) is 37.7. The summed E-state index contributed by atoms with van der Waals surface area (Å²) in [6.07, 6.45) is 50.9. The predicted octanol–water partition coefficient (Wildman–Crippen LogP) is 14.8. The number of ether oxygens (including phenoxy) is 3. The van der Waals surface area contributed by atoms with Crippen LogP contribution in [0.4, 0.5) is 0 Å². The first-order chi connectivity index (χ1) is 27.0. The van der Waals surface area contributed by atoms with Crippen molar-refractivity contribution in [2.45, 2.75) is 232 Å². The Hall–Kier alpha value is -2.63. The van der Waals surface area contributed by atoms with E-state index in [0.29, 0.717) is 19.3 Å². The van der Waals surface area contributed by atoms with Gasteiger partial charge in [-0.2, -0.15) is 0 Å². The Labute approximate surface area is 339 Å². The van der Waals surface area contributed by atoms with E-state index in [-0.39, 0.29) is 31.1 Å². The number of hydrogen-bond acceptors (Lipinski definition) is 6. The summed E-state index contributed by atoms with van der Waals surface area (Å²) in [6.45, 7) is 6.48.